The second kappa shape index (κ2) is 5.48. The maximum Gasteiger partial charge on any atom is 0.275 e. The number of hydrogen-bond acceptors (Lipinski definition) is 4. The molecule has 98 valence electrons. The highest BCUT2D eigenvalue weighted by Gasteiger charge is 2.09. The number of aromatic nitrogens is 2. The first-order valence-electron chi connectivity index (χ1n) is 5.95. The van der Waals surface area contributed by atoms with E-state index in [-0.39, 0.29) is 11.3 Å². The molecule has 0 spiro atoms. The molecule has 0 saturated heterocycles. The molecule has 0 radical (unpaired) electrons. The molecule has 0 aliphatic rings. The van der Waals surface area contributed by atoms with Crippen molar-refractivity contribution in [1.82, 2.24) is 10.2 Å². The SMILES string of the molecule is CCOc1ccc(-c2cc(C(C)=O)c(=O)[nH]n2)cc1. The molecular formula is C14H14N2O3. The van der Waals surface area contributed by atoms with Crippen LogP contribution in [0.25, 0.3) is 11.3 Å². The van der Waals surface area contributed by atoms with Gasteiger partial charge in [0.15, 0.2) is 5.78 Å². The molecular weight excluding hydrogens is 244 g/mol. The molecule has 1 heterocycles. The third-order valence-corrected chi connectivity index (χ3v) is 2.64. The number of nitrogens with zero attached hydrogens (tertiary/aromatic N) is 1. The van der Waals surface area contributed by atoms with Crippen molar-refractivity contribution in [2.45, 2.75) is 13.8 Å². The lowest BCUT2D eigenvalue weighted by molar-refractivity contribution is 0.101. The molecule has 1 aromatic carbocycles. The van der Waals surface area contributed by atoms with Crippen molar-refractivity contribution in [3.63, 3.8) is 0 Å². The Morgan fingerprint density at radius 2 is 2.00 bits per heavy atom. The van der Waals surface area contributed by atoms with Gasteiger partial charge in [-0.3, -0.25) is 9.59 Å². The molecule has 0 amide bonds. The van der Waals surface area contributed by atoms with E-state index in [1.54, 1.807) is 0 Å². The Labute approximate surface area is 110 Å². The highest BCUT2D eigenvalue weighted by molar-refractivity contribution is 5.94. The van der Waals surface area contributed by atoms with E-state index in [0.29, 0.717) is 12.3 Å². The van der Waals surface area contributed by atoms with E-state index in [2.05, 4.69) is 10.2 Å². The summed E-state index contributed by atoms with van der Waals surface area (Å²) in [6, 6.07) is 8.79. The van der Waals surface area contributed by atoms with Crippen molar-refractivity contribution in [2.75, 3.05) is 6.61 Å². The zero-order valence-electron chi connectivity index (χ0n) is 10.8. The molecule has 0 aliphatic heterocycles. The van der Waals surface area contributed by atoms with Gasteiger partial charge in [0.25, 0.3) is 5.56 Å². The van der Waals surface area contributed by atoms with Gasteiger partial charge in [-0.2, -0.15) is 5.10 Å². The summed E-state index contributed by atoms with van der Waals surface area (Å²) in [5.41, 5.74) is 0.996. The van der Waals surface area contributed by atoms with Gasteiger partial charge in [0.1, 0.15) is 5.75 Å². The van der Waals surface area contributed by atoms with Crippen LogP contribution in [0.3, 0.4) is 0 Å². The van der Waals surface area contributed by atoms with Gasteiger partial charge in [0, 0.05) is 5.56 Å². The minimum atomic E-state index is -0.470. The zero-order valence-corrected chi connectivity index (χ0v) is 10.8. The molecule has 5 heteroatoms. The lowest BCUT2D eigenvalue weighted by Crippen LogP contribution is -2.17. The number of aromatic amines is 1. The van der Waals surface area contributed by atoms with Crippen LogP contribution < -0.4 is 10.3 Å². The Hall–Kier alpha value is -2.43. The molecule has 1 aromatic heterocycles. The molecule has 5 nitrogen and oxygen atoms in total. The van der Waals surface area contributed by atoms with Crippen LogP contribution in [0.15, 0.2) is 35.1 Å². The number of H-pyrrole nitrogens is 1. The van der Waals surface area contributed by atoms with E-state index < -0.39 is 5.56 Å². The minimum absolute atomic E-state index is 0.110. The standard InChI is InChI=1S/C14H14N2O3/c1-3-19-11-6-4-10(5-7-11)13-8-12(9(2)17)14(18)16-15-13/h4-8H,3H2,1-2H3,(H,16,18). The first-order valence-corrected chi connectivity index (χ1v) is 5.95. The number of carbonyl (C=O) groups is 1. The second-order valence-electron chi connectivity index (χ2n) is 4.01. The smallest absolute Gasteiger partial charge is 0.275 e. The summed E-state index contributed by atoms with van der Waals surface area (Å²) >= 11 is 0. The normalized spacial score (nSPS) is 10.2. The van der Waals surface area contributed by atoms with Crippen molar-refractivity contribution in [1.29, 1.82) is 0 Å². The van der Waals surface area contributed by atoms with E-state index in [0.717, 1.165) is 11.3 Å². The molecule has 1 N–H and O–H groups in total. The summed E-state index contributed by atoms with van der Waals surface area (Å²) < 4.78 is 5.35. The summed E-state index contributed by atoms with van der Waals surface area (Å²) in [5.74, 6) is 0.485. The largest absolute Gasteiger partial charge is 0.494 e. The maximum absolute atomic E-state index is 11.4. The lowest BCUT2D eigenvalue weighted by Gasteiger charge is -2.05. The van der Waals surface area contributed by atoms with Crippen LogP contribution in [0.2, 0.25) is 0 Å². The van der Waals surface area contributed by atoms with Crippen molar-refractivity contribution in [3.05, 3.63) is 46.2 Å². The number of rotatable bonds is 4. The van der Waals surface area contributed by atoms with E-state index in [1.165, 1.54) is 13.0 Å². The van der Waals surface area contributed by atoms with Gasteiger partial charge in [-0.1, -0.05) is 0 Å². The third kappa shape index (κ3) is 2.88. The summed E-state index contributed by atoms with van der Waals surface area (Å²) in [7, 11) is 0. The highest BCUT2D eigenvalue weighted by Crippen LogP contribution is 2.20. The summed E-state index contributed by atoms with van der Waals surface area (Å²) in [4.78, 5) is 22.7. The van der Waals surface area contributed by atoms with Gasteiger partial charge in [0.2, 0.25) is 0 Å². The van der Waals surface area contributed by atoms with Gasteiger partial charge in [0.05, 0.1) is 17.9 Å². The van der Waals surface area contributed by atoms with Crippen LogP contribution in [0.1, 0.15) is 24.2 Å². The minimum Gasteiger partial charge on any atom is -0.494 e. The summed E-state index contributed by atoms with van der Waals surface area (Å²) in [5, 5.41) is 6.27. The molecule has 0 aliphatic carbocycles. The molecule has 2 rings (SSSR count). The lowest BCUT2D eigenvalue weighted by atomic mass is 10.1. The van der Waals surface area contributed by atoms with E-state index >= 15 is 0 Å². The average molecular weight is 258 g/mol. The second-order valence-corrected chi connectivity index (χ2v) is 4.01. The van der Waals surface area contributed by atoms with Crippen LogP contribution in [0.4, 0.5) is 0 Å². The molecule has 0 saturated carbocycles. The van der Waals surface area contributed by atoms with Gasteiger partial charge in [-0.15, -0.1) is 0 Å². The van der Waals surface area contributed by atoms with Crippen molar-refractivity contribution >= 4 is 5.78 Å². The predicted molar refractivity (Wildman–Crippen MR) is 71.5 cm³/mol. The fraction of sp³-hybridized carbons (Fsp3) is 0.214. The molecule has 2 aromatic rings. The van der Waals surface area contributed by atoms with Crippen molar-refractivity contribution < 1.29 is 9.53 Å². The van der Waals surface area contributed by atoms with Gasteiger partial charge in [-0.25, -0.2) is 5.10 Å². The summed E-state index contributed by atoms with van der Waals surface area (Å²) in [6.07, 6.45) is 0. The topological polar surface area (TPSA) is 72.1 Å². The molecule has 0 fully saturated rings. The van der Waals surface area contributed by atoms with Crippen molar-refractivity contribution in [2.24, 2.45) is 0 Å². The predicted octanol–water partition coefficient (Wildman–Crippen LogP) is 2.04. The van der Waals surface area contributed by atoms with Gasteiger partial charge in [-0.05, 0) is 44.2 Å². The average Bonchev–Trinajstić information content (AvgIpc) is 2.40. The van der Waals surface area contributed by atoms with Crippen LogP contribution >= 0.6 is 0 Å². The fourth-order valence-corrected chi connectivity index (χ4v) is 1.70. The Bertz CT molecular complexity index is 644. The Morgan fingerprint density at radius 1 is 1.32 bits per heavy atom. The van der Waals surface area contributed by atoms with E-state index in [1.807, 2.05) is 31.2 Å². The first kappa shape index (κ1) is 13.0. The maximum atomic E-state index is 11.4. The number of hydrogen-bond donors (Lipinski definition) is 1. The van der Waals surface area contributed by atoms with Gasteiger partial charge < -0.3 is 4.74 Å². The van der Waals surface area contributed by atoms with Crippen LogP contribution in [-0.2, 0) is 0 Å². The van der Waals surface area contributed by atoms with Crippen LogP contribution in [-0.4, -0.2) is 22.6 Å². The van der Waals surface area contributed by atoms with E-state index in [9.17, 15) is 9.59 Å². The van der Waals surface area contributed by atoms with Crippen molar-refractivity contribution in [3.8, 4) is 17.0 Å². The summed E-state index contributed by atoms with van der Waals surface area (Å²) in [6.45, 7) is 3.87. The Morgan fingerprint density at radius 3 is 2.58 bits per heavy atom. The molecule has 0 bridgehead atoms. The van der Waals surface area contributed by atoms with E-state index in [4.69, 9.17) is 4.74 Å². The number of carbonyl (C=O) groups excluding carboxylic acids is 1. The molecule has 0 unspecified atom stereocenters. The number of benzene rings is 1. The fourth-order valence-electron chi connectivity index (χ4n) is 1.70. The quantitative estimate of drug-likeness (QED) is 0.852. The highest BCUT2D eigenvalue weighted by atomic mass is 16.5. The number of Topliss-reactive ketones (excluding diaryl/α,β-unsaturated/α-hetero) is 1. The molecule has 0 atom stereocenters. The number of nitrogens with one attached hydrogen (secondary N) is 1. The zero-order chi connectivity index (χ0) is 13.8. The van der Waals surface area contributed by atoms with Gasteiger partial charge >= 0.3 is 0 Å². The van der Waals surface area contributed by atoms with Crippen LogP contribution in [0, 0.1) is 0 Å². The first-order chi connectivity index (χ1) is 9.11. The Balaban J connectivity index is 2.39. The number of ketones is 1. The molecule has 19 heavy (non-hydrogen) atoms. The monoisotopic (exact) mass is 258 g/mol. The Kier molecular flexibility index (Phi) is 3.75. The van der Waals surface area contributed by atoms with Crippen LogP contribution in [0.5, 0.6) is 5.75 Å². The number of ether oxygens (including phenoxy) is 1. The third-order valence-electron chi connectivity index (χ3n) is 2.64.